The molecule has 0 fully saturated rings. The van der Waals surface area contributed by atoms with Gasteiger partial charge in [0.15, 0.2) is 0 Å². The van der Waals surface area contributed by atoms with Gasteiger partial charge in [-0.25, -0.2) is 14.4 Å². The summed E-state index contributed by atoms with van der Waals surface area (Å²) in [5.74, 6) is 0.650. The van der Waals surface area contributed by atoms with E-state index in [-0.39, 0.29) is 55.6 Å². The van der Waals surface area contributed by atoms with E-state index in [1.54, 1.807) is 70.6 Å². The Balaban J connectivity index is 1.40. The second kappa shape index (κ2) is 17.8. The molecule has 4 aromatic carbocycles. The molecule has 4 aromatic rings. The first-order valence-electron chi connectivity index (χ1n) is 22.2. The van der Waals surface area contributed by atoms with E-state index in [1.165, 1.54) is 0 Å². The van der Waals surface area contributed by atoms with Gasteiger partial charge in [-0.2, -0.15) is 0 Å². The molecule has 0 aromatic heterocycles. The summed E-state index contributed by atoms with van der Waals surface area (Å²) >= 11 is 21.4. The fourth-order valence-electron chi connectivity index (χ4n) is 8.89. The van der Waals surface area contributed by atoms with E-state index in [2.05, 4.69) is 83.1 Å². The van der Waals surface area contributed by atoms with Gasteiger partial charge in [-0.15, -0.1) is 141 Å². The maximum atomic E-state index is 15.0. The van der Waals surface area contributed by atoms with Crippen LogP contribution in [-0.2, 0) is 9.47 Å². The Kier molecular flexibility index (Phi) is 13.4. The average molecular weight is 1130 g/mol. The highest BCUT2D eigenvalue weighted by Gasteiger charge is 2.54. The highest BCUT2D eigenvalue weighted by Crippen LogP contribution is 2.74. The number of fused-ring (bicyclic) bond motifs is 6. The SMILES string of the molecule is CCOC(=O)c1c2c(c([C](c3c4c(c(C(=O)OCC)c5c3SC(C)(C)S5)SC(C)(C)S4)c3c4c(c(C(=O)Oc5ccccc5)c5c3SC(C)(C)S5)SC(C)(C)S4)c3c1SC(C)(C)S3)SC(C)(C)S2. The lowest BCUT2D eigenvalue weighted by Gasteiger charge is -2.31. The van der Waals surface area contributed by atoms with Crippen molar-refractivity contribution in [3.63, 3.8) is 0 Å². The lowest BCUT2D eigenvalue weighted by atomic mass is 9.83. The summed E-state index contributed by atoms with van der Waals surface area (Å²) < 4.78 is 16.3. The third-order valence-electron chi connectivity index (χ3n) is 11.0. The highest BCUT2D eigenvalue weighted by molar-refractivity contribution is 8.23. The monoisotopic (exact) mass is 1130 g/mol. The molecule has 0 aliphatic carbocycles. The molecule has 6 heterocycles. The molecule has 10 rings (SSSR count). The number of ether oxygens (including phenoxy) is 3. The zero-order chi connectivity index (χ0) is 48.8. The van der Waals surface area contributed by atoms with Gasteiger partial charge < -0.3 is 14.2 Å². The Bertz CT molecular complexity index is 2630. The summed E-state index contributed by atoms with van der Waals surface area (Å²) in [7, 11) is 0. The predicted molar refractivity (Wildman–Crippen MR) is 298 cm³/mol. The summed E-state index contributed by atoms with van der Waals surface area (Å²) in [6, 6.07) is 9.37. The molecule has 1 radical (unpaired) electrons. The molecular formula is C50H51O6S12. The molecule has 359 valence electrons. The van der Waals surface area contributed by atoms with Crippen molar-refractivity contribution in [2.75, 3.05) is 13.2 Å². The van der Waals surface area contributed by atoms with Gasteiger partial charge in [-0.05, 0) is 126 Å². The number of hydrogen-bond acceptors (Lipinski definition) is 18. The van der Waals surface area contributed by atoms with E-state index in [4.69, 9.17) is 14.2 Å². The predicted octanol–water partition coefficient (Wildman–Crippen LogP) is 17.9. The normalized spacial score (nSPS) is 20.9. The topological polar surface area (TPSA) is 78.9 Å². The van der Waals surface area contributed by atoms with Crippen LogP contribution in [0.4, 0.5) is 0 Å². The van der Waals surface area contributed by atoms with Gasteiger partial charge in [0.25, 0.3) is 0 Å². The second-order valence-electron chi connectivity index (χ2n) is 19.3. The Hall–Kier alpha value is -0.510. The van der Waals surface area contributed by atoms with Crippen LogP contribution in [0.1, 0.15) is 145 Å². The second-order valence-corrected chi connectivity index (χ2v) is 40.5. The zero-order valence-electron chi connectivity index (χ0n) is 40.1. The van der Waals surface area contributed by atoms with E-state index in [9.17, 15) is 14.4 Å². The van der Waals surface area contributed by atoms with Gasteiger partial charge in [0.05, 0.1) is 60.3 Å². The number of hydrogen-bond donors (Lipinski definition) is 0. The van der Waals surface area contributed by atoms with Crippen LogP contribution in [0.25, 0.3) is 0 Å². The first kappa shape index (κ1) is 51.0. The molecule has 68 heavy (non-hydrogen) atoms. The third kappa shape index (κ3) is 9.05. The Morgan fingerprint density at radius 1 is 0.353 bits per heavy atom. The molecule has 6 nitrogen and oxygen atoms in total. The minimum Gasteiger partial charge on any atom is -0.462 e. The first-order chi connectivity index (χ1) is 31.7. The zero-order valence-corrected chi connectivity index (χ0v) is 49.9. The Morgan fingerprint density at radius 3 is 0.809 bits per heavy atom. The minimum absolute atomic E-state index is 0.275. The number of carbonyl (C=O) groups excluding carboxylic acids is 3. The van der Waals surface area contributed by atoms with Crippen molar-refractivity contribution < 1.29 is 28.6 Å². The van der Waals surface area contributed by atoms with Gasteiger partial charge in [0.2, 0.25) is 0 Å². The van der Waals surface area contributed by atoms with Gasteiger partial charge in [-0.1, -0.05) is 18.2 Å². The van der Waals surface area contributed by atoms with Crippen molar-refractivity contribution >= 4 is 159 Å². The van der Waals surface area contributed by atoms with Crippen LogP contribution in [0.3, 0.4) is 0 Å². The van der Waals surface area contributed by atoms with Gasteiger partial charge in [-0.3, -0.25) is 0 Å². The largest absolute Gasteiger partial charge is 0.462 e. The van der Waals surface area contributed by atoms with Crippen LogP contribution in [0.5, 0.6) is 5.75 Å². The van der Waals surface area contributed by atoms with Gasteiger partial charge in [0, 0.05) is 58.7 Å². The summed E-state index contributed by atoms with van der Waals surface area (Å²) in [6.07, 6.45) is 0. The summed E-state index contributed by atoms with van der Waals surface area (Å²) in [4.78, 5) is 56.1. The number of para-hydroxylation sites is 1. The number of benzene rings is 4. The number of esters is 3. The molecule has 0 bridgehead atoms. The van der Waals surface area contributed by atoms with E-state index < -0.39 is 0 Å². The van der Waals surface area contributed by atoms with E-state index in [0.29, 0.717) is 22.4 Å². The summed E-state index contributed by atoms with van der Waals surface area (Å²) in [5, 5.41) is 0. The van der Waals surface area contributed by atoms with Crippen LogP contribution in [0, 0.1) is 5.92 Å². The molecule has 18 heteroatoms. The fourth-order valence-corrected chi connectivity index (χ4v) is 26.6. The van der Waals surface area contributed by atoms with Crippen molar-refractivity contribution in [2.45, 2.75) is 180 Å². The molecule has 0 N–H and O–H groups in total. The number of carbonyl (C=O) groups is 3. The number of thioether (sulfide) groups is 12. The third-order valence-corrected chi connectivity index (χ3v) is 28.0. The van der Waals surface area contributed by atoms with Crippen molar-refractivity contribution in [1.29, 1.82) is 0 Å². The van der Waals surface area contributed by atoms with Crippen molar-refractivity contribution in [3.8, 4) is 5.75 Å². The van der Waals surface area contributed by atoms with Crippen molar-refractivity contribution in [3.05, 3.63) is 69.6 Å². The smallest absolute Gasteiger partial charge is 0.345 e. The van der Waals surface area contributed by atoms with Crippen LogP contribution < -0.4 is 4.74 Å². The maximum absolute atomic E-state index is 15.0. The van der Waals surface area contributed by atoms with Crippen molar-refractivity contribution in [2.24, 2.45) is 0 Å². The van der Waals surface area contributed by atoms with Gasteiger partial charge in [0.1, 0.15) is 5.75 Å². The molecule has 6 aliphatic heterocycles. The molecule has 6 aliphatic rings. The molecular weight excluding hydrogens is 1080 g/mol. The maximum Gasteiger partial charge on any atom is 0.345 e. The molecule has 0 spiro atoms. The van der Waals surface area contributed by atoms with Crippen LogP contribution in [-0.4, -0.2) is 55.6 Å². The van der Waals surface area contributed by atoms with E-state index in [0.717, 1.165) is 81.4 Å². The van der Waals surface area contributed by atoms with Crippen LogP contribution in [0.2, 0.25) is 0 Å². The average Bonchev–Trinajstić information content (AvgIpc) is 4.03. The summed E-state index contributed by atoms with van der Waals surface area (Å²) in [5.41, 5.74) is 5.26. The Morgan fingerprint density at radius 2 is 0.574 bits per heavy atom. The lowest BCUT2D eigenvalue weighted by Crippen LogP contribution is -2.18. The van der Waals surface area contributed by atoms with E-state index in [1.807, 2.05) is 115 Å². The number of rotatable bonds is 9. The molecule has 0 atom stereocenters. The summed E-state index contributed by atoms with van der Waals surface area (Å²) in [6.45, 7) is 31.2. The van der Waals surface area contributed by atoms with E-state index >= 15 is 0 Å². The highest BCUT2D eigenvalue weighted by atomic mass is 32.2. The molecule has 0 saturated carbocycles. The fraction of sp³-hybridized carbons (Fsp3) is 0.440. The molecule has 0 saturated heterocycles. The van der Waals surface area contributed by atoms with Gasteiger partial charge >= 0.3 is 17.9 Å². The minimum atomic E-state index is -0.362. The first-order valence-corrected chi connectivity index (χ1v) is 32.0. The molecule has 0 unspecified atom stereocenters. The standard InChI is InChI=1S/C50H51O6S12/c1-15-54-42(51)27-36-30(57-45(3,4)63-36)24(31-37(27)64-46(5,6)58-31)23(25-32-38(65-47(7,8)59-32)28(43(52)55-16-2)39-33(25)60-48(9,10)66-39)26-34-40(67-49(11,12)61-34)29(41-35(26)62-50(13,14)68-41)44(53)56-22-20-18-17-19-21-22/h17-21H,15-16H2,1-14H3. The van der Waals surface area contributed by atoms with Crippen LogP contribution in [0.15, 0.2) is 89.1 Å². The quantitative estimate of drug-likeness (QED) is 0.0905. The van der Waals surface area contributed by atoms with Crippen LogP contribution >= 0.6 is 141 Å². The molecule has 0 amide bonds. The van der Waals surface area contributed by atoms with Crippen molar-refractivity contribution in [1.82, 2.24) is 0 Å². The lowest BCUT2D eigenvalue weighted by molar-refractivity contribution is 0.0507. The Labute approximate surface area is 451 Å².